The minimum absolute atomic E-state index is 0.121. The number of hydrogen-bond donors (Lipinski definition) is 1. The fourth-order valence-electron chi connectivity index (χ4n) is 2.53. The van der Waals surface area contributed by atoms with Crippen molar-refractivity contribution in [3.63, 3.8) is 0 Å². The van der Waals surface area contributed by atoms with Gasteiger partial charge in [0.1, 0.15) is 0 Å². The SMILES string of the molecule is Cc1cnn(-c2ccc(C3(CC(=O)O)CC3)cc2)c1. The Morgan fingerprint density at radius 1 is 1.37 bits per heavy atom. The Hall–Kier alpha value is -2.10. The van der Waals surface area contributed by atoms with E-state index >= 15 is 0 Å². The number of carboxylic acids is 1. The topological polar surface area (TPSA) is 55.1 Å². The highest BCUT2D eigenvalue weighted by atomic mass is 16.4. The maximum absolute atomic E-state index is 10.9. The van der Waals surface area contributed by atoms with Crippen LogP contribution in [0.25, 0.3) is 5.69 Å². The van der Waals surface area contributed by atoms with E-state index in [4.69, 9.17) is 5.11 Å². The largest absolute Gasteiger partial charge is 0.481 e. The molecule has 1 N–H and O–H groups in total. The minimum Gasteiger partial charge on any atom is -0.481 e. The van der Waals surface area contributed by atoms with Crippen LogP contribution in [-0.2, 0) is 10.2 Å². The average molecular weight is 256 g/mol. The first-order valence-corrected chi connectivity index (χ1v) is 6.43. The van der Waals surface area contributed by atoms with Crippen LogP contribution in [-0.4, -0.2) is 20.9 Å². The van der Waals surface area contributed by atoms with Crippen molar-refractivity contribution in [2.45, 2.75) is 31.6 Å². The summed E-state index contributed by atoms with van der Waals surface area (Å²) in [4.78, 5) is 10.9. The smallest absolute Gasteiger partial charge is 0.304 e. The van der Waals surface area contributed by atoms with Crippen LogP contribution < -0.4 is 0 Å². The van der Waals surface area contributed by atoms with Crippen LogP contribution in [0.4, 0.5) is 0 Å². The Balaban J connectivity index is 1.85. The third-order valence-corrected chi connectivity index (χ3v) is 3.80. The van der Waals surface area contributed by atoms with E-state index in [0.717, 1.165) is 29.7 Å². The molecule has 0 aliphatic heterocycles. The van der Waals surface area contributed by atoms with E-state index in [0.29, 0.717) is 0 Å². The van der Waals surface area contributed by atoms with Gasteiger partial charge in [-0.25, -0.2) is 4.68 Å². The summed E-state index contributed by atoms with van der Waals surface area (Å²) in [7, 11) is 0. The number of carboxylic acid groups (broad SMARTS) is 1. The van der Waals surface area contributed by atoms with E-state index in [1.54, 1.807) is 0 Å². The maximum Gasteiger partial charge on any atom is 0.304 e. The molecule has 1 aliphatic rings. The van der Waals surface area contributed by atoms with Crippen LogP contribution in [0.2, 0.25) is 0 Å². The van der Waals surface area contributed by atoms with E-state index in [2.05, 4.69) is 5.10 Å². The van der Waals surface area contributed by atoms with Gasteiger partial charge < -0.3 is 5.11 Å². The number of aliphatic carboxylic acids is 1. The zero-order valence-electron chi connectivity index (χ0n) is 10.8. The highest BCUT2D eigenvalue weighted by molar-refractivity contribution is 5.70. The van der Waals surface area contributed by atoms with Gasteiger partial charge in [0, 0.05) is 11.6 Å². The molecular weight excluding hydrogens is 240 g/mol. The number of aromatic nitrogens is 2. The van der Waals surface area contributed by atoms with Crippen molar-refractivity contribution in [1.82, 2.24) is 9.78 Å². The van der Waals surface area contributed by atoms with Crippen LogP contribution in [0.1, 0.15) is 30.4 Å². The lowest BCUT2D eigenvalue weighted by atomic mass is 9.92. The molecule has 1 heterocycles. The molecule has 19 heavy (non-hydrogen) atoms. The molecule has 0 unspecified atom stereocenters. The summed E-state index contributed by atoms with van der Waals surface area (Å²) in [6.45, 7) is 2.00. The van der Waals surface area contributed by atoms with E-state index in [-0.39, 0.29) is 11.8 Å². The van der Waals surface area contributed by atoms with Gasteiger partial charge >= 0.3 is 5.97 Å². The molecule has 0 saturated heterocycles. The summed E-state index contributed by atoms with van der Waals surface area (Å²) >= 11 is 0. The van der Waals surface area contributed by atoms with E-state index in [1.165, 1.54) is 0 Å². The van der Waals surface area contributed by atoms with Crippen LogP contribution >= 0.6 is 0 Å². The Morgan fingerprint density at radius 2 is 2.05 bits per heavy atom. The predicted octanol–water partition coefficient (Wildman–Crippen LogP) is 2.69. The van der Waals surface area contributed by atoms with Crippen molar-refractivity contribution in [1.29, 1.82) is 0 Å². The second-order valence-electron chi connectivity index (χ2n) is 5.36. The van der Waals surface area contributed by atoms with Crippen molar-refractivity contribution >= 4 is 5.97 Å². The van der Waals surface area contributed by atoms with Crippen molar-refractivity contribution < 1.29 is 9.90 Å². The molecule has 1 aromatic heterocycles. The van der Waals surface area contributed by atoms with Crippen LogP contribution in [0.15, 0.2) is 36.7 Å². The second-order valence-corrected chi connectivity index (χ2v) is 5.36. The highest BCUT2D eigenvalue weighted by Gasteiger charge is 2.45. The molecule has 4 nitrogen and oxygen atoms in total. The molecule has 1 saturated carbocycles. The molecule has 0 radical (unpaired) electrons. The van der Waals surface area contributed by atoms with Gasteiger partial charge in [-0.15, -0.1) is 0 Å². The van der Waals surface area contributed by atoms with Crippen LogP contribution in [0, 0.1) is 6.92 Å². The van der Waals surface area contributed by atoms with Crippen molar-refractivity contribution in [3.8, 4) is 5.69 Å². The molecule has 1 aliphatic carbocycles. The number of hydrogen-bond acceptors (Lipinski definition) is 2. The molecule has 98 valence electrons. The third kappa shape index (κ3) is 2.26. The summed E-state index contributed by atoms with van der Waals surface area (Å²) in [6.07, 6.45) is 5.96. The van der Waals surface area contributed by atoms with Gasteiger partial charge in [-0.1, -0.05) is 12.1 Å². The summed E-state index contributed by atoms with van der Waals surface area (Å²) in [6, 6.07) is 8.07. The first kappa shape index (κ1) is 12.0. The van der Waals surface area contributed by atoms with E-state index in [1.807, 2.05) is 48.3 Å². The normalized spacial score (nSPS) is 16.3. The number of nitrogens with zero attached hydrogens (tertiary/aromatic N) is 2. The zero-order chi connectivity index (χ0) is 13.5. The molecule has 4 heteroatoms. The fourth-order valence-corrected chi connectivity index (χ4v) is 2.53. The molecule has 0 amide bonds. The molecule has 0 spiro atoms. The summed E-state index contributed by atoms with van der Waals surface area (Å²) < 4.78 is 1.83. The second kappa shape index (κ2) is 4.23. The Morgan fingerprint density at radius 3 is 2.53 bits per heavy atom. The number of aryl methyl sites for hydroxylation is 1. The van der Waals surface area contributed by atoms with Gasteiger partial charge in [-0.2, -0.15) is 5.10 Å². The Labute approximate surface area is 111 Å². The molecule has 2 aromatic rings. The lowest BCUT2D eigenvalue weighted by molar-refractivity contribution is -0.137. The monoisotopic (exact) mass is 256 g/mol. The van der Waals surface area contributed by atoms with Gasteiger partial charge in [0.2, 0.25) is 0 Å². The molecule has 1 fully saturated rings. The number of carbonyl (C=O) groups is 1. The minimum atomic E-state index is -0.718. The molecule has 0 atom stereocenters. The van der Waals surface area contributed by atoms with Gasteiger partial charge in [0.15, 0.2) is 0 Å². The number of rotatable bonds is 4. The molecule has 3 rings (SSSR count). The Bertz CT molecular complexity index is 609. The first-order chi connectivity index (χ1) is 9.09. The van der Waals surface area contributed by atoms with Crippen molar-refractivity contribution in [3.05, 3.63) is 47.8 Å². The number of benzene rings is 1. The molecule has 0 bridgehead atoms. The van der Waals surface area contributed by atoms with Gasteiger partial charge in [0.05, 0.1) is 18.3 Å². The van der Waals surface area contributed by atoms with Crippen molar-refractivity contribution in [2.24, 2.45) is 0 Å². The summed E-state index contributed by atoms with van der Waals surface area (Å²) in [5, 5.41) is 13.2. The zero-order valence-corrected chi connectivity index (χ0v) is 10.8. The lowest BCUT2D eigenvalue weighted by Crippen LogP contribution is -2.12. The van der Waals surface area contributed by atoms with Crippen LogP contribution in [0.3, 0.4) is 0 Å². The first-order valence-electron chi connectivity index (χ1n) is 6.43. The molecule has 1 aromatic carbocycles. The van der Waals surface area contributed by atoms with Gasteiger partial charge in [0.25, 0.3) is 0 Å². The van der Waals surface area contributed by atoms with Crippen molar-refractivity contribution in [2.75, 3.05) is 0 Å². The predicted molar refractivity (Wildman–Crippen MR) is 71.5 cm³/mol. The van der Waals surface area contributed by atoms with E-state index < -0.39 is 5.97 Å². The van der Waals surface area contributed by atoms with Gasteiger partial charge in [-0.3, -0.25) is 4.79 Å². The fraction of sp³-hybridized carbons (Fsp3) is 0.333. The third-order valence-electron chi connectivity index (χ3n) is 3.80. The quantitative estimate of drug-likeness (QED) is 0.915. The van der Waals surface area contributed by atoms with E-state index in [9.17, 15) is 4.79 Å². The summed E-state index contributed by atoms with van der Waals surface area (Å²) in [5.74, 6) is -0.718. The lowest BCUT2D eigenvalue weighted by Gasteiger charge is -2.13. The standard InChI is InChI=1S/C15H16N2O2/c1-11-9-16-17(10-11)13-4-2-12(3-5-13)15(6-7-15)8-14(18)19/h2-5,9-10H,6-8H2,1H3,(H,18,19). The molecular formula is C15H16N2O2. The average Bonchev–Trinajstić information content (AvgIpc) is 3.02. The highest BCUT2D eigenvalue weighted by Crippen LogP contribution is 2.51. The maximum atomic E-state index is 10.9. The van der Waals surface area contributed by atoms with Crippen LogP contribution in [0.5, 0.6) is 0 Å². The Kier molecular flexibility index (Phi) is 2.66. The summed E-state index contributed by atoms with van der Waals surface area (Å²) in [5.41, 5.74) is 3.13. The van der Waals surface area contributed by atoms with Gasteiger partial charge in [-0.05, 0) is 43.0 Å².